The maximum absolute atomic E-state index is 12.7. The number of pyridine rings is 1. The number of alkyl halides is 3. The van der Waals surface area contributed by atoms with Crippen LogP contribution in [0, 0.1) is 0 Å². The first kappa shape index (κ1) is 12.3. The molecule has 0 aromatic carbocycles. The highest BCUT2D eigenvalue weighted by atomic mass is 19.4. The van der Waals surface area contributed by atoms with Gasteiger partial charge in [0.15, 0.2) is 5.82 Å². The second-order valence-corrected chi connectivity index (χ2v) is 4.62. The average molecular weight is 270 g/mol. The van der Waals surface area contributed by atoms with E-state index in [-0.39, 0.29) is 0 Å². The van der Waals surface area contributed by atoms with Crippen molar-refractivity contribution in [3.8, 4) is 0 Å². The molecular formula is C12H13F3N4. The zero-order valence-electron chi connectivity index (χ0n) is 10.3. The van der Waals surface area contributed by atoms with E-state index in [0.29, 0.717) is 24.6 Å². The zero-order chi connectivity index (χ0) is 13.6. The highest BCUT2D eigenvalue weighted by molar-refractivity contribution is 5.74. The molecule has 1 aromatic heterocycles. The lowest BCUT2D eigenvalue weighted by Crippen LogP contribution is -2.45. The molecule has 0 amide bonds. The van der Waals surface area contributed by atoms with Crippen molar-refractivity contribution < 1.29 is 13.2 Å². The van der Waals surface area contributed by atoms with Crippen molar-refractivity contribution in [2.45, 2.75) is 6.18 Å². The Hall–Kier alpha value is -1.76. The number of hydrogen-bond donors (Lipinski definition) is 1. The number of nitrogens with zero attached hydrogens (tertiary/aromatic N) is 3. The van der Waals surface area contributed by atoms with Crippen molar-refractivity contribution >= 4 is 11.5 Å². The minimum Gasteiger partial charge on any atom is -0.346 e. The number of aromatic nitrogens is 1. The lowest BCUT2D eigenvalue weighted by Gasteiger charge is -2.38. The molecule has 1 N–H and O–H groups in total. The van der Waals surface area contributed by atoms with Crippen molar-refractivity contribution in [3.05, 3.63) is 29.7 Å². The molecule has 1 fully saturated rings. The molecule has 0 atom stereocenters. The van der Waals surface area contributed by atoms with Gasteiger partial charge in [-0.1, -0.05) is 0 Å². The van der Waals surface area contributed by atoms with Crippen molar-refractivity contribution in [3.63, 3.8) is 0 Å². The Bertz CT molecular complexity index is 538. The number of halogens is 3. The van der Waals surface area contributed by atoms with Gasteiger partial charge in [-0.15, -0.1) is 0 Å². The maximum Gasteiger partial charge on any atom is 0.417 e. The number of anilines is 2. The van der Waals surface area contributed by atoms with Crippen LogP contribution in [0.4, 0.5) is 24.7 Å². The average Bonchev–Trinajstić information content (AvgIpc) is 2.37. The molecule has 2 aliphatic rings. The van der Waals surface area contributed by atoms with Gasteiger partial charge in [-0.05, 0) is 6.07 Å². The summed E-state index contributed by atoms with van der Waals surface area (Å²) < 4.78 is 38.2. The molecule has 1 aromatic rings. The van der Waals surface area contributed by atoms with E-state index in [1.165, 1.54) is 0 Å². The SMILES string of the molecule is CN1C=C2CNCCN2c2ncc(C(F)(F)F)cc21. The molecule has 0 spiro atoms. The largest absolute Gasteiger partial charge is 0.417 e. The number of nitrogens with one attached hydrogen (secondary N) is 1. The lowest BCUT2D eigenvalue weighted by atomic mass is 10.1. The highest BCUT2D eigenvalue weighted by Gasteiger charge is 2.34. The third-order valence-electron chi connectivity index (χ3n) is 3.32. The summed E-state index contributed by atoms with van der Waals surface area (Å²) in [7, 11) is 1.74. The molecule has 102 valence electrons. The van der Waals surface area contributed by atoms with Crippen LogP contribution in [0.3, 0.4) is 0 Å². The van der Waals surface area contributed by atoms with Gasteiger partial charge in [0.2, 0.25) is 0 Å². The third-order valence-corrected chi connectivity index (χ3v) is 3.32. The Morgan fingerprint density at radius 2 is 2.16 bits per heavy atom. The summed E-state index contributed by atoms with van der Waals surface area (Å²) in [6, 6.07) is 1.15. The molecule has 4 nitrogen and oxygen atoms in total. The van der Waals surface area contributed by atoms with Gasteiger partial charge < -0.3 is 15.1 Å². The van der Waals surface area contributed by atoms with Gasteiger partial charge in [-0.25, -0.2) is 4.98 Å². The third kappa shape index (κ3) is 2.03. The smallest absolute Gasteiger partial charge is 0.346 e. The minimum absolute atomic E-state index is 0.487. The van der Waals surface area contributed by atoms with Gasteiger partial charge in [-0.2, -0.15) is 13.2 Å². The first-order valence-electron chi connectivity index (χ1n) is 5.96. The maximum atomic E-state index is 12.7. The van der Waals surface area contributed by atoms with E-state index in [0.717, 1.165) is 24.5 Å². The Kier molecular flexibility index (Phi) is 2.67. The Balaban J connectivity index is 2.06. The van der Waals surface area contributed by atoms with E-state index in [2.05, 4.69) is 10.3 Å². The quantitative estimate of drug-likeness (QED) is 0.779. The van der Waals surface area contributed by atoms with Crippen LogP contribution in [0.1, 0.15) is 5.56 Å². The van der Waals surface area contributed by atoms with Crippen LogP contribution in [0.15, 0.2) is 24.2 Å². The topological polar surface area (TPSA) is 31.4 Å². The van der Waals surface area contributed by atoms with Crippen LogP contribution in [0.5, 0.6) is 0 Å². The van der Waals surface area contributed by atoms with Crippen molar-refractivity contribution in [1.82, 2.24) is 10.3 Å². The van der Waals surface area contributed by atoms with Crippen LogP contribution < -0.4 is 15.1 Å². The molecule has 0 radical (unpaired) electrons. The fraction of sp³-hybridized carbons (Fsp3) is 0.417. The van der Waals surface area contributed by atoms with Crippen molar-refractivity contribution in [2.24, 2.45) is 0 Å². The number of piperazine rings is 1. The van der Waals surface area contributed by atoms with Crippen LogP contribution in [-0.4, -0.2) is 31.7 Å². The molecule has 1 saturated heterocycles. The fourth-order valence-electron chi connectivity index (χ4n) is 2.37. The molecule has 19 heavy (non-hydrogen) atoms. The second kappa shape index (κ2) is 4.12. The monoisotopic (exact) mass is 270 g/mol. The molecular weight excluding hydrogens is 257 g/mol. The van der Waals surface area contributed by atoms with Gasteiger partial charge in [0.25, 0.3) is 0 Å². The molecule has 2 aliphatic heterocycles. The summed E-state index contributed by atoms with van der Waals surface area (Å²) in [5.41, 5.74) is 0.791. The molecule has 7 heteroatoms. The van der Waals surface area contributed by atoms with Crippen LogP contribution in [-0.2, 0) is 6.18 Å². The summed E-state index contributed by atoms with van der Waals surface area (Å²) in [4.78, 5) is 7.67. The van der Waals surface area contributed by atoms with Gasteiger partial charge in [0, 0.05) is 44.8 Å². The fourth-order valence-corrected chi connectivity index (χ4v) is 2.37. The number of rotatable bonds is 0. The first-order chi connectivity index (χ1) is 8.97. The van der Waals surface area contributed by atoms with Crippen LogP contribution >= 0.6 is 0 Å². The predicted molar refractivity (Wildman–Crippen MR) is 65.9 cm³/mol. The predicted octanol–water partition coefficient (Wildman–Crippen LogP) is 1.80. The van der Waals surface area contributed by atoms with Crippen molar-refractivity contribution in [1.29, 1.82) is 0 Å². The molecule has 0 bridgehead atoms. The molecule has 3 heterocycles. The van der Waals surface area contributed by atoms with E-state index in [4.69, 9.17) is 0 Å². The number of fused-ring (bicyclic) bond motifs is 3. The van der Waals surface area contributed by atoms with Gasteiger partial charge in [0.05, 0.1) is 11.3 Å². The van der Waals surface area contributed by atoms with Crippen molar-refractivity contribution in [2.75, 3.05) is 36.5 Å². The lowest BCUT2D eigenvalue weighted by molar-refractivity contribution is -0.137. The molecule has 0 unspecified atom stereocenters. The van der Waals surface area contributed by atoms with Gasteiger partial charge in [-0.3, -0.25) is 0 Å². The summed E-state index contributed by atoms with van der Waals surface area (Å²) in [5.74, 6) is 0.592. The van der Waals surface area contributed by atoms with Crippen LogP contribution in [0.25, 0.3) is 0 Å². The molecule has 3 rings (SSSR count). The van der Waals surface area contributed by atoms with E-state index >= 15 is 0 Å². The van der Waals surface area contributed by atoms with E-state index in [1.54, 1.807) is 11.9 Å². The van der Waals surface area contributed by atoms with E-state index in [1.807, 2.05) is 11.1 Å². The van der Waals surface area contributed by atoms with Gasteiger partial charge >= 0.3 is 6.18 Å². The van der Waals surface area contributed by atoms with E-state index in [9.17, 15) is 13.2 Å². The van der Waals surface area contributed by atoms with Crippen LogP contribution in [0.2, 0.25) is 0 Å². The number of hydrogen-bond acceptors (Lipinski definition) is 4. The Morgan fingerprint density at radius 3 is 2.89 bits per heavy atom. The van der Waals surface area contributed by atoms with E-state index < -0.39 is 11.7 Å². The summed E-state index contributed by atoms with van der Waals surface area (Å²) in [6.07, 6.45) is -1.62. The Morgan fingerprint density at radius 1 is 1.37 bits per heavy atom. The normalized spacial score (nSPS) is 18.8. The summed E-state index contributed by atoms with van der Waals surface area (Å²) in [6.45, 7) is 2.21. The van der Waals surface area contributed by atoms with Gasteiger partial charge in [0.1, 0.15) is 0 Å². The first-order valence-corrected chi connectivity index (χ1v) is 5.96. The summed E-state index contributed by atoms with van der Waals surface area (Å²) in [5, 5.41) is 3.23. The zero-order valence-corrected chi connectivity index (χ0v) is 10.3. The highest BCUT2D eigenvalue weighted by Crippen LogP contribution is 2.38. The Labute approximate surface area is 108 Å². The molecule has 0 aliphatic carbocycles. The standard InChI is InChI=1S/C12H13F3N4/c1-18-7-9-6-16-2-3-19(9)11-10(18)4-8(5-17-11)12(13,14)15/h4-5,7,16H,2-3,6H2,1H3. The minimum atomic E-state index is -4.36. The second-order valence-electron chi connectivity index (χ2n) is 4.62. The molecule has 0 saturated carbocycles. The summed E-state index contributed by atoms with van der Waals surface area (Å²) >= 11 is 0.